The number of ketones is 1. The molecule has 3 atom stereocenters. The summed E-state index contributed by atoms with van der Waals surface area (Å²) in [4.78, 5) is 84.1. The highest BCUT2D eigenvalue weighted by Gasteiger charge is 2.38. The third-order valence-corrected chi connectivity index (χ3v) is 28.5. The summed E-state index contributed by atoms with van der Waals surface area (Å²) in [7, 11) is 6.76. The minimum absolute atomic E-state index is 0.0235. The number of fused-ring (bicyclic) bond motifs is 4. The molecule has 4 fully saturated rings. The summed E-state index contributed by atoms with van der Waals surface area (Å²) in [5.41, 5.74) is 5.25. The van der Waals surface area contributed by atoms with Gasteiger partial charge < -0.3 is 42.8 Å². The zero-order chi connectivity index (χ0) is 96.9. The molecule has 4 aliphatic rings. The van der Waals surface area contributed by atoms with Crippen LogP contribution in [0.5, 0.6) is 0 Å². The number of carbonyl (C=O) groups excluding carboxylic acids is 6. The molecular formula is C97H90Cl8F13N9O6. The van der Waals surface area contributed by atoms with Crippen molar-refractivity contribution < 1.29 is 85.8 Å². The van der Waals surface area contributed by atoms with E-state index in [1.165, 1.54) is 31.2 Å². The van der Waals surface area contributed by atoms with Gasteiger partial charge in [0.1, 0.15) is 12.0 Å². The summed E-state index contributed by atoms with van der Waals surface area (Å²) in [5.74, 6) is -0.622. The highest BCUT2D eigenvalue weighted by molar-refractivity contribution is 6.40. The summed E-state index contributed by atoms with van der Waals surface area (Å²) in [6, 6.07) is 34.5. The van der Waals surface area contributed by atoms with Crippen LogP contribution in [0, 0.1) is 17.8 Å². The molecule has 16 rings (SSSR count). The minimum atomic E-state index is -4.44. The lowest BCUT2D eigenvalue weighted by Gasteiger charge is -2.34. The molecule has 12 aromatic rings. The second-order valence-electron chi connectivity index (χ2n) is 34.1. The summed E-state index contributed by atoms with van der Waals surface area (Å²) in [6.07, 6.45) is -14.1. The molecule has 0 radical (unpaired) electrons. The van der Waals surface area contributed by atoms with E-state index >= 15 is 0 Å². The fourth-order valence-electron chi connectivity index (χ4n) is 17.4. The van der Waals surface area contributed by atoms with E-state index in [1.807, 2.05) is 11.0 Å². The van der Waals surface area contributed by atoms with Crippen molar-refractivity contribution in [3.05, 3.63) is 275 Å². The van der Waals surface area contributed by atoms with E-state index in [0.29, 0.717) is 215 Å². The van der Waals surface area contributed by atoms with Crippen LogP contribution in [0.25, 0.3) is 43.6 Å². The largest absolute Gasteiger partial charge is 0.416 e. The molecule has 133 heavy (non-hydrogen) atoms. The SMILES string of the molecule is CC(=O)C1CCN(C(=O)c2ccc(Cl)c(Cc3cc4ccc(C(F)(F)F)cc4n3C)c2Cl)CC1.CC(=O)N1CCN(C(=O)c2ccc(Cl)c(Cc3cc4ccc(C(F)(F)F)cc4n3C)c2Cl)CC1.CC1CCCN(C(=O)c2ccc(Cl)c(Cc3cc4ccc(C(F)(F)F)cc4n3C)c2Cl)C1.C[C@@H]1CN(C(=O)c2ccc(Cl)c(Cc3cc4ccc(C(F)(F)F)cc4n3C)c2Cl)CC[C@H]1F. The fourth-order valence-corrected chi connectivity index (χ4v) is 19.8. The maximum Gasteiger partial charge on any atom is 0.416 e. The lowest BCUT2D eigenvalue weighted by molar-refractivity contribution is -0.138. The van der Waals surface area contributed by atoms with Crippen LogP contribution in [-0.4, -0.2) is 150 Å². The molecule has 4 aliphatic heterocycles. The predicted molar refractivity (Wildman–Crippen MR) is 495 cm³/mol. The molecule has 0 spiro atoms. The molecule has 0 aliphatic carbocycles. The first-order valence-electron chi connectivity index (χ1n) is 42.5. The van der Waals surface area contributed by atoms with Crippen molar-refractivity contribution in [1.82, 2.24) is 42.8 Å². The number of hydrogen-bond donors (Lipinski definition) is 0. The van der Waals surface area contributed by atoms with Crippen LogP contribution in [0.1, 0.15) is 169 Å². The molecule has 8 heterocycles. The highest BCUT2D eigenvalue weighted by atomic mass is 35.5. The van der Waals surface area contributed by atoms with E-state index in [1.54, 1.807) is 147 Å². The first-order valence-corrected chi connectivity index (χ1v) is 45.6. The van der Waals surface area contributed by atoms with Gasteiger partial charge in [0.15, 0.2) is 0 Å². The number of aromatic nitrogens is 4. The van der Waals surface area contributed by atoms with Crippen molar-refractivity contribution in [3.8, 4) is 0 Å². The summed E-state index contributed by atoms with van der Waals surface area (Å²) in [6.45, 7) is 11.6. The third kappa shape index (κ3) is 22.4. The molecule has 4 aromatic heterocycles. The number of alkyl halides is 13. The van der Waals surface area contributed by atoms with Gasteiger partial charge in [0.25, 0.3) is 23.6 Å². The first kappa shape index (κ1) is 101. The van der Waals surface area contributed by atoms with Crippen molar-refractivity contribution in [2.45, 2.75) is 116 Å². The molecule has 4 saturated heterocycles. The normalized spacial score (nSPS) is 16.6. The molecule has 15 nitrogen and oxygen atoms in total. The van der Waals surface area contributed by atoms with Crippen LogP contribution >= 0.6 is 92.8 Å². The number of Topliss-reactive ketones (excluding diaryl/α,β-unsaturated/α-hetero) is 1. The van der Waals surface area contributed by atoms with Crippen LogP contribution < -0.4 is 0 Å². The topological polar surface area (TPSA) is 138 Å². The molecule has 1 unspecified atom stereocenters. The van der Waals surface area contributed by atoms with Crippen molar-refractivity contribution in [3.63, 3.8) is 0 Å². The van der Waals surface area contributed by atoms with Crippen LogP contribution in [-0.2, 0) is 88.2 Å². The molecule has 0 bridgehead atoms. The number of amides is 5. The predicted octanol–water partition coefficient (Wildman–Crippen LogP) is 25.8. The summed E-state index contributed by atoms with van der Waals surface area (Å²) < 4.78 is 178. The Morgan fingerprint density at radius 2 is 0.602 bits per heavy atom. The van der Waals surface area contributed by atoms with E-state index < -0.39 is 53.1 Å². The molecule has 0 N–H and O–H groups in total. The Kier molecular flexibility index (Phi) is 30.9. The Bertz CT molecular complexity index is 6300. The molecule has 0 saturated carbocycles. The number of rotatable bonds is 13. The van der Waals surface area contributed by atoms with Gasteiger partial charge in [0.05, 0.1) is 64.6 Å². The van der Waals surface area contributed by atoms with Crippen molar-refractivity contribution in [2.75, 3.05) is 65.4 Å². The number of hydrogen-bond acceptors (Lipinski definition) is 6. The molecule has 5 amide bonds. The number of piperazine rings is 1. The Morgan fingerprint density at radius 1 is 0.331 bits per heavy atom. The number of benzene rings is 8. The monoisotopic (exact) mass is 2000 g/mol. The second-order valence-corrected chi connectivity index (χ2v) is 37.3. The van der Waals surface area contributed by atoms with Gasteiger partial charge in [0, 0.05) is 203 Å². The number of carbonyl (C=O) groups is 6. The maximum atomic E-state index is 13.8. The van der Waals surface area contributed by atoms with E-state index in [9.17, 15) is 85.8 Å². The molecule has 706 valence electrons. The number of halogens is 21. The van der Waals surface area contributed by atoms with Gasteiger partial charge in [-0.05, 0) is 210 Å². The van der Waals surface area contributed by atoms with Gasteiger partial charge in [-0.3, -0.25) is 28.8 Å². The Labute approximate surface area is 798 Å². The van der Waals surface area contributed by atoms with Crippen molar-refractivity contribution in [2.24, 2.45) is 45.9 Å². The van der Waals surface area contributed by atoms with Gasteiger partial charge in [-0.25, -0.2) is 4.39 Å². The summed E-state index contributed by atoms with van der Waals surface area (Å²) >= 11 is 52.2. The van der Waals surface area contributed by atoms with Crippen LogP contribution in [0.15, 0.2) is 146 Å². The van der Waals surface area contributed by atoms with Gasteiger partial charge in [0.2, 0.25) is 5.91 Å². The smallest absolute Gasteiger partial charge is 0.347 e. The van der Waals surface area contributed by atoms with E-state index in [-0.39, 0.29) is 93.5 Å². The first-order chi connectivity index (χ1) is 62.5. The zero-order valence-corrected chi connectivity index (χ0v) is 79.1. The van der Waals surface area contributed by atoms with Crippen LogP contribution in [0.3, 0.4) is 0 Å². The zero-order valence-electron chi connectivity index (χ0n) is 73.0. The highest BCUT2D eigenvalue weighted by Crippen LogP contribution is 2.43. The molecule has 8 aromatic carbocycles. The standard InChI is InChI=1S/C25H23Cl2F3N2O2.C24H22Cl2F4N2O.C24H22Cl2F3N3O2.C24H23Cl2F3N2O/c1-14(33)15-7-9-32(10-8-15)24(34)19-5-6-21(26)20(23(19)27)13-18-11-16-3-4-17(25(28,29)30)12-22(16)31(18)2;1-13-12-32(8-7-20(13)27)23(33)17-5-6-19(25)18(22(17)26)11-16-9-14-3-4-15(24(28,29)30)10-21(14)31(16)2;1-14(33)31-7-9-32(10-8-31)23(34)18-5-6-20(25)19(22(18)26)13-17-11-15-3-4-16(24(27,28)29)12-21(15)30(17)2;1-14-4-3-9-31(13-14)23(32)18-7-8-20(25)19(22(18)26)12-17-10-15-5-6-16(24(27,28)29)11-21(15)30(17)2/h3-6,11-12,15H,7-10,13H2,1-2H3;3-6,9-10,13,20H,7-8,11-12H2,1-2H3;3-6,11-12H,7-10,13H2,1-2H3;5-8,10-11,14H,3-4,9,12-13H2,1-2H3/t;13-,20-;;/m.1../s1. The Balaban J connectivity index is 0.000000151. The average molecular weight is 2010 g/mol. The Morgan fingerprint density at radius 3 is 0.872 bits per heavy atom. The van der Waals surface area contributed by atoms with E-state index in [4.69, 9.17) is 92.8 Å². The van der Waals surface area contributed by atoms with E-state index in [2.05, 4.69) is 6.92 Å². The average Bonchev–Trinajstić information content (AvgIpc) is 1.71. The van der Waals surface area contributed by atoms with Gasteiger partial charge in [-0.15, -0.1) is 0 Å². The Hall–Kier alpha value is -9.65. The number of nitrogens with zero attached hydrogens (tertiary/aromatic N) is 9. The van der Waals surface area contributed by atoms with Crippen LogP contribution in [0.4, 0.5) is 57.1 Å². The van der Waals surface area contributed by atoms with Crippen molar-refractivity contribution in [1.29, 1.82) is 0 Å². The lowest BCUT2D eigenvalue weighted by atomic mass is 9.93. The maximum absolute atomic E-state index is 13.8. The minimum Gasteiger partial charge on any atom is -0.347 e. The fraction of sp³-hybridized carbons (Fsp3) is 0.361. The van der Waals surface area contributed by atoms with Gasteiger partial charge in [-0.2, -0.15) is 52.7 Å². The van der Waals surface area contributed by atoms with Crippen molar-refractivity contribution >= 4 is 172 Å². The molecular weight excluding hydrogens is 1920 g/mol. The lowest BCUT2D eigenvalue weighted by Crippen LogP contribution is -2.50. The number of aryl methyl sites for hydroxylation is 4. The van der Waals surface area contributed by atoms with Crippen LogP contribution in [0.2, 0.25) is 40.2 Å². The van der Waals surface area contributed by atoms with Gasteiger partial charge in [-0.1, -0.05) is 131 Å². The third-order valence-electron chi connectivity index (χ3n) is 25.4. The van der Waals surface area contributed by atoms with Gasteiger partial charge >= 0.3 is 24.7 Å². The molecule has 36 heteroatoms. The number of piperidine rings is 3. The number of likely N-dealkylation sites (tertiary alicyclic amines) is 3. The summed E-state index contributed by atoms with van der Waals surface area (Å²) in [5, 5.41) is 5.12. The quantitative estimate of drug-likeness (QED) is 0.105. The second kappa shape index (κ2) is 40.7. The van der Waals surface area contributed by atoms with E-state index in [0.717, 1.165) is 67.1 Å².